The first-order valence-corrected chi connectivity index (χ1v) is 11.1. The lowest BCUT2D eigenvalue weighted by atomic mass is 10.2. The maximum Gasteiger partial charge on any atom is 0.238 e. The number of amides is 2. The number of nitrogens with zero attached hydrogens (tertiary/aromatic N) is 2. The molecule has 0 spiro atoms. The van der Waals surface area contributed by atoms with Gasteiger partial charge in [0, 0.05) is 12.1 Å². The van der Waals surface area contributed by atoms with Crippen molar-refractivity contribution in [3.8, 4) is 0 Å². The van der Waals surface area contributed by atoms with Crippen LogP contribution in [0.4, 0.5) is 15.8 Å². The van der Waals surface area contributed by atoms with Gasteiger partial charge in [-0.3, -0.25) is 14.5 Å². The summed E-state index contributed by atoms with van der Waals surface area (Å²) in [5.41, 5.74) is 3.19. The second kappa shape index (κ2) is 9.78. The van der Waals surface area contributed by atoms with Crippen LogP contribution in [0.15, 0.2) is 83.9 Å². The predicted molar refractivity (Wildman–Crippen MR) is 126 cm³/mol. The number of thioether (sulfide) groups is 1. The largest absolute Gasteiger partial charge is 0.325 e. The Labute approximate surface area is 190 Å². The second-order valence-corrected chi connectivity index (χ2v) is 8.68. The van der Waals surface area contributed by atoms with Crippen LogP contribution >= 0.6 is 11.8 Å². The van der Waals surface area contributed by atoms with Crippen LogP contribution in [0.3, 0.4) is 0 Å². The number of carbonyl (C=O) groups excluding carboxylic acids is 2. The molecule has 1 heterocycles. The number of amidine groups is 1. The smallest absolute Gasteiger partial charge is 0.238 e. The highest BCUT2D eigenvalue weighted by atomic mass is 32.2. The maximum absolute atomic E-state index is 13.3. The molecule has 162 valence electrons. The van der Waals surface area contributed by atoms with Crippen molar-refractivity contribution in [2.24, 2.45) is 4.99 Å². The van der Waals surface area contributed by atoms with E-state index in [1.54, 1.807) is 17.0 Å². The zero-order valence-electron chi connectivity index (χ0n) is 17.5. The minimum atomic E-state index is -0.616. The SMILES string of the molecule is Cc1cccc(NC(=O)[C@@H]2CC(=O)N(Cc3ccccc3)C(=Nc3ccc(F)cc3)S2)c1. The molecule has 0 aliphatic carbocycles. The first kappa shape index (κ1) is 21.8. The summed E-state index contributed by atoms with van der Waals surface area (Å²) < 4.78 is 13.3. The number of nitrogens with one attached hydrogen (secondary N) is 1. The molecule has 1 fully saturated rings. The van der Waals surface area contributed by atoms with Crippen LogP contribution in [0.5, 0.6) is 0 Å². The van der Waals surface area contributed by atoms with E-state index in [2.05, 4.69) is 10.3 Å². The minimum Gasteiger partial charge on any atom is -0.325 e. The summed E-state index contributed by atoms with van der Waals surface area (Å²) in [5, 5.41) is 2.70. The van der Waals surface area contributed by atoms with E-state index in [-0.39, 0.29) is 24.1 Å². The fourth-order valence-corrected chi connectivity index (χ4v) is 4.43. The fraction of sp³-hybridized carbons (Fsp3) is 0.160. The van der Waals surface area contributed by atoms with Gasteiger partial charge < -0.3 is 5.32 Å². The molecule has 3 aromatic carbocycles. The van der Waals surface area contributed by atoms with Gasteiger partial charge in [-0.15, -0.1) is 0 Å². The molecule has 1 saturated heterocycles. The summed E-state index contributed by atoms with van der Waals surface area (Å²) in [4.78, 5) is 32.2. The topological polar surface area (TPSA) is 61.8 Å². The summed E-state index contributed by atoms with van der Waals surface area (Å²) in [7, 11) is 0. The highest BCUT2D eigenvalue weighted by Gasteiger charge is 2.36. The first-order chi connectivity index (χ1) is 15.5. The third kappa shape index (κ3) is 5.42. The van der Waals surface area contributed by atoms with Crippen molar-refractivity contribution in [2.45, 2.75) is 25.1 Å². The number of anilines is 1. The Kier molecular flexibility index (Phi) is 6.66. The number of halogens is 1. The number of benzene rings is 3. The monoisotopic (exact) mass is 447 g/mol. The molecule has 3 aromatic rings. The van der Waals surface area contributed by atoms with Gasteiger partial charge in [0.15, 0.2) is 5.17 Å². The molecule has 1 atom stereocenters. The van der Waals surface area contributed by atoms with E-state index in [9.17, 15) is 14.0 Å². The Morgan fingerprint density at radius 2 is 1.84 bits per heavy atom. The second-order valence-electron chi connectivity index (χ2n) is 7.51. The van der Waals surface area contributed by atoms with E-state index in [4.69, 9.17) is 0 Å². The molecule has 0 aromatic heterocycles. The molecule has 5 nitrogen and oxygen atoms in total. The summed E-state index contributed by atoms with van der Waals surface area (Å²) >= 11 is 1.24. The van der Waals surface area contributed by atoms with E-state index in [1.807, 2.05) is 61.5 Å². The lowest BCUT2D eigenvalue weighted by Crippen LogP contribution is -2.44. The van der Waals surface area contributed by atoms with Crippen molar-refractivity contribution in [1.29, 1.82) is 0 Å². The summed E-state index contributed by atoms with van der Waals surface area (Å²) in [6.45, 7) is 2.29. The van der Waals surface area contributed by atoms with E-state index >= 15 is 0 Å². The van der Waals surface area contributed by atoms with Crippen LogP contribution < -0.4 is 5.32 Å². The van der Waals surface area contributed by atoms with Gasteiger partial charge in [-0.05, 0) is 54.4 Å². The quantitative estimate of drug-likeness (QED) is 0.578. The van der Waals surface area contributed by atoms with Crippen molar-refractivity contribution in [2.75, 3.05) is 5.32 Å². The third-order valence-corrected chi connectivity index (χ3v) is 6.14. The molecule has 0 radical (unpaired) electrons. The Morgan fingerprint density at radius 1 is 1.09 bits per heavy atom. The Bertz CT molecular complexity index is 1150. The zero-order chi connectivity index (χ0) is 22.5. The Balaban J connectivity index is 1.59. The van der Waals surface area contributed by atoms with Gasteiger partial charge >= 0.3 is 0 Å². The van der Waals surface area contributed by atoms with Gasteiger partial charge in [0.25, 0.3) is 0 Å². The number of hydrogen-bond donors (Lipinski definition) is 1. The molecule has 2 amide bonds. The zero-order valence-corrected chi connectivity index (χ0v) is 18.3. The average molecular weight is 448 g/mol. The first-order valence-electron chi connectivity index (χ1n) is 10.2. The van der Waals surface area contributed by atoms with Crippen molar-refractivity contribution in [3.05, 3.63) is 95.8 Å². The van der Waals surface area contributed by atoms with Crippen LogP contribution in [0.2, 0.25) is 0 Å². The normalized spacial score (nSPS) is 17.4. The Hall–Kier alpha value is -3.45. The molecule has 1 aliphatic rings. The Morgan fingerprint density at radius 3 is 2.56 bits per heavy atom. The summed E-state index contributed by atoms with van der Waals surface area (Å²) in [5.74, 6) is -0.796. The van der Waals surface area contributed by atoms with Gasteiger partial charge in [-0.2, -0.15) is 0 Å². The van der Waals surface area contributed by atoms with Crippen LogP contribution in [-0.4, -0.2) is 27.1 Å². The molecular weight excluding hydrogens is 425 g/mol. The van der Waals surface area contributed by atoms with Gasteiger partial charge in [-0.25, -0.2) is 9.38 Å². The standard InChI is InChI=1S/C25H22FN3O2S/c1-17-6-5-9-21(14-17)27-24(31)22-15-23(30)29(16-18-7-3-2-4-8-18)25(32-22)28-20-12-10-19(26)11-13-20/h2-14,22H,15-16H2,1H3,(H,27,31)/t22-/m0/s1. The van der Waals surface area contributed by atoms with Crippen molar-refractivity contribution >= 4 is 40.1 Å². The molecule has 7 heteroatoms. The lowest BCUT2D eigenvalue weighted by Gasteiger charge is -2.32. The number of carbonyl (C=O) groups is 2. The van der Waals surface area contributed by atoms with E-state index in [0.717, 1.165) is 11.1 Å². The third-order valence-electron chi connectivity index (χ3n) is 4.95. The van der Waals surface area contributed by atoms with E-state index in [1.165, 1.54) is 23.9 Å². The van der Waals surface area contributed by atoms with Crippen LogP contribution in [-0.2, 0) is 16.1 Å². The van der Waals surface area contributed by atoms with Crippen molar-refractivity contribution in [1.82, 2.24) is 4.90 Å². The number of hydrogen-bond acceptors (Lipinski definition) is 4. The molecular formula is C25H22FN3O2S. The fourth-order valence-electron chi connectivity index (χ4n) is 3.33. The molecule has 4 rings (SSSR count). The van der Waals surface area contributed by atoms with Gasteiger partial charge in [0.1, 0.15) is 11.1 Å². The van der Waals surface area contributed by atoms with E-state index in [0.29, 0.717) is 23.1 Å². The van der Waals surface area contributed by atoms with Crippen molar-refractivity contribution < 1.29 is 14.0 Å². The maximum atomic E-state index is 13.3. The van der Waals surface area contributed by atoms with Crippen molar-refractivity contribution in [3.63, 3.8) is 0 Å². The molecule has 32 heavy (non-hydrogen) atoms. The highest BCUT2D eigenvalue weighted by Crippen LogP contribution is 2.31. The summed E-state index contributed by atoms with van der Waals surface area (Å²) in [6.07, 6.45) is 0.0671. The molecule has 0 bridgehead atoms. The molecule has 0 saturated carbocycles. The van der Waals surface area contributed by atoms with Crippen LogP contribution in [0.1, 0.15) is 17.5 Å². The van der Waals surface area contributed by atoms with E-state index < -0.39 is 5.25 Å². The highest BCUT2D eigenvalue weighted by molar-refractivity contribution is 8.15. The number of aryl methyl sites for hydroxylation is 1. The predicted octanol–water partition coefficient (Wildman–Crippen LogP) is 5.29. The molecule has 0 unspecified atom stereocenters. The molecule has 1 N–H and O–H groups in total. The van der Waals surface area contributed by atoms with Gasteiger partial charge in [0.2, 0.25) is 11.8 Å². The lowest BCUT2D eigenvalue weighted by molar-refractivity contribution is -0.129. The molecule has 1 aliphatic heterocycles. The number of rotatable bonds is 5. The number of aliphatic imine (C=N–C) groups is 1. The average Bonchev–Trinajstić information content (AvgIpc) is 2.78. The van der Waals surface area contributed by atoms with Crippen LogP contribution in [0.25, 0.3) is 0 Å². The van der Waals surface area contributed by atoms with Gasteiger partial charge in [0.05, 0.1) is 12.2 Å². The summed E-state index contributed by atoms with van der Waals surface area (Å²) in [6, 6.07) is 22.8. The van der Waals surface area contributed by atoms with Crippen LogP contribution in [0, 0.1) is 12.7 Å². The minimum absolute atomic E-state index is 0.0671. The van der Waals surface area contributed by atoms with Gasteiger partial charge in [-0.1, -0.05) is 54.2 Å².